The Morgan fingerprint density at radius 3 is 2.55 bits per heavy atom. The molecule has 0 radical (unpaired) electrons. The second-order valence-electron chi connectivity index (χ2n) is 5.40. The van der Waals surface area contributed by atoms with Crippen molar-refractivity contribution >= 4 is 17.3 Å². The maximum absolute atomic E-state index is 12.6. The first kappa shape index (κ1) is 15.5. The monoisotopic (exact) mass is 305 g/mol. The highest BCUT2D eigenvalue weighted by Crippen LogP contribution is 2.36. The molecule has 1 nitrogen and oxygen atoms in total. The maximum Gasteiger partial charge on any atom is 0.416 e. The zero-order valence-corrected chi connectivity index (χ0v) is 12.2. The third-order valence-corrected chi connectivity index (χ3v) is 4.38. The Hall–Kier alpha value is -0.900. The van der Waals surface area contributed by atoms with Crippen molar-refractivity contribution in [1.29, 1.82) is 0 Å². The Labute approximate surface area is 122 Å². The van der Waals surface area contributed by atoms with Crippen LogP contribution in [0.3, 0.4) is 0 Å². The van der Waals surface area contributed by atoms with E-state index in [9.17, 15) is 13.2 Å². The van der Waals surface area contributed by atoms with E-state index in [-0.39, 0.29) is 5.02 Å². The van der Waals surface area contributed by atoms with Crippen molar-refractivity contribution in [2.75, 3.05) is 5.32 Å². The van der Waals surface area contributed by atoms with E-state index in [0.717, 1.165) is 31.4 Å². The summed E-state index contributed by atoms with van der Waals surface area (Å²) in [5, 5.41) is 3.47. The van der Waals surface area contributed by atoms with Gasteiger partial charge in [-0.3, -0.25) is 0 Å². The first-order valence-corrected chi connectivity index (χ1v) is 7.43. The van der Waals surface area contributed by atoms with Crippen molar-refractivity contribution in [3.8, 4) is 0 Å². The van der Waals surface area contributed by atoms with Crippen molar-refractivity contribution in [2.45, 2.75) is 51.2 Å². The summed E-state index contributed by atoms with van der Waals surface area (Å²) >= 11 is 5.98. The first-order chi connectivity index (χ1) is 9.41. The fraction of sp³-hybridized carbons (Fsp3) is 0.600. The van der Waals surface area contributed by atoms with E-state index in [0.29, 0.717) is 17.6 Å². The zero-order chi connectivity index (χ0) is 14.8. The van der Waals surface area contributed by atoms with E-state index in [1.807, 2.05) is 0 Å². The normalized spacial score (nSPS) is 23.6. The Balaban J connectivity index is 2.13. The van der Waals surface area contributed by atoms with Crippen LogP contribution in [0.5, 0.6) is 0 Å². The quantitative estimate of drug-likeness (QED) is 0.751. The number of hydrogen-bond donors (Lipinski definition) is 1. The second kappa shape index (κ2) is 6.25. The highest BCUT2D eigenvalue weighted by Gasteiger charge is 2.31. The van der Waals surface area contributed by atoms with Gasteiger partial charge in [-0.05, 0) is 37.0 Å². The topological polar surface area (TPSA) is 12.0 Å². The van der Waals surface area contributed by atoms with Crippen molar-refractivity contribution < 1.29 is 13.2 Å². The van der Waals surface area contributed by atoms with Crippen LogP contribution >= 0.6 is 11.6 Å². The van der Waals surface area contributed by atoms with Crippen LogP contribution < -0.4 is 5.32 Å². The molecule has 5 heteroatoms. The average Bonchev–Trinajstić information content (AvgIpc) is 2.40. The minimum atomic E-state index is -4.35. The lowest BCUT2D eigenvalue weighted by molar-refractivity contribution is -0.137. The highest BCUT2D eigenvalue weighted by molar-refractivity contribution is 6.33. The minimum Gasteiger partial charge on any atom is -0.381 e. The van der Waals surface area contributed by atoms with Crippen LogP contribution in [0.2, 0.25) is 5.02 Å². The Bertz CT molecular complexity index is 459. The van der Waals surface area contributed by atoms with Crippen molar-refractivity contribution in [2.24, 2.45) is 5.92 Å². The molecule has 0 saturated heterocycles. The van der Waals surface area contributed by atoms with Gasteiger partial charge in [-0.25, -0.2) is 0 Å². The molecule has 1 aliphatic rings. The lowest BCUT2D eigenvalue weighted by atomic mass is 9.83. The van der Waals surface area contributed by atoms with E-state index in [1.165, 1.54) is 18.9 Å². The lowest BCUT2D eigenvalue weighted by Gasteiger charge is -2.32. The van der Waals surface area contributed by atoms with E-state index in [2.05, 4.69) is 12.2 Å². The standard InChI is InChI=1S/C15H19ClF3N/c1-2-10-5-3-4-6-13(10)20-14-8-7-11(9-12(14)16)15(17,18)19/h7-10,13,20H,2-6H2,1H3. The molecule has 0 heterocycles. The van der Waals surface area contributed by atoms with Gasteiger partial charge in [0.15, 0.2) is 0 Å². The summed E-state index contributed by atoms with van der Waals surface area (Å²) in [7, 11) is 0. The zero-order valence-electron chi connectivity index (χ0n) is 11.4. The predicted octanol–water partition coefficient (Wildman–Crippen LogP) is 5.74. The molecule has 2 rings (SSSR count). The third kappa shape index (κ3) is 3.60. The molecule has 112 valence electrons. The number of anilines is 1. The molecule has 1 N–H and O–H groups in total. The molecule has 0 spiro atoms. The number of halogens is 4. The first-order valence-electron chi connectivity index (χ1n) is 7.05. The van der Waals surface area contributed by atoms with Crippen molar-refractivity contribution in [3.63, 3.8) is 0 Å². The van der Waals surface area contributed by atoms with E-state index < -0.39 is 11.7 Å². The van der Waals surface area contributed by atoms with Gasteiger partial charge in [0.1, 0.15) is 0 Å². The van der Waals surface area contributed by atoms with Gasteiger partial charge in [-0.15, -0.1) is 0 Å². The number of rotatable bonds is 3. The Kier molecular flexibility index (Phi) is 4.84. The van der Waals surface area contributed by atoms with E-state index in [1.54, 1.807) is 0 Å². The molecular weight excluding hydrogens is 287 g/mol. The summed E-state index contributed by atoms with van der Waals surface area (Å²) in [5.41, 5.74) is -0.103. The van der Waals surface area contributed by atoms with Gasteiger partial charge in [-0.1, -0.05) is 37.8 Å². The molecule has 1 aromatic rings. The van der Waals surface area contributed by atoms with Gasteiger partial charge in [0.05, 0.1) is 16.3 Å². The van der Waals surface area contributed by atoms with Crippen LogP contribution in [0.25, 0.3) is 0 Å². The highest BCUT2D eigenvalue weighted by atomic mass is 35.5. The van der Waals surface area contributed by atoms with Gasteiger partial charge in [0, 0.05) is 6.04 Å². The SMILES string of the molecule is CCC1CCCCC1Nc1ccc(C(F)(F)F)cc1Cl. The molecule has 0 aliphatic heterocycles. The van der Waals surface area contributed by atoms with Crippen LogP contribution in [0.4, 0.5) is 18.9 Å². The molecule has 0 bridgehead atoms. The number of alkyl halides is 3. The fourth-order valence-electron chi connectivity index (χ4n) is 2.89. The molecule has 2 atom stereocenters. The van der Waals surface area contributed by atoms with Gasteiger partial charge in [-0.2, -0.15) is 13.2 Å². The van der Waals surface area contributed by atoms with Gasteiger partial charge in [0.2, 0.25) is 0 Å². The molecule has 0 amide bonds. The summed E-state index contributed by atoms with van der Waals surface area (Å²) in [6.45, 7) is 2.15. The summed E-state index contributed by atoms with van der Waals surface area (Å²) in [6.07, 6.45) is 1.35. The van der Waals surface area contributed by atoms with Crippen LogP contribution in [0.1, 0.15) is 44.6 Å². The van der Waals surface area contributed by atoms with Crippen molar-refractivity contribution in [3.05, 3.63) is 28.8 Å². The molecule has 1 aromatic carbocycles. The van der Waals surface area contributed by atoms with Gasteiger partial charge in [0.25, 0.3) is 0 Å². The van der Waals surface area contributed by atoms with Crippen LogP contribution in [-0.2, 0) is 6.18 Å². The molecule has 0 aromatic heterocycles. The average molecular weight is 306 g/mol. The summed E-state index contributed by atoms with van der Waals surface area (Å²) < 4.78 is 37.8. The third-order valence-electron chi connectivity index (χ3n) is 4.07. The molecular formula is C15H19ClF3N. The van der Waals surface area contributed by atoms with Crippen molar-refractivity contribution in [1.82, 2.24) is 0 Å². The molecule has 1 aliphatic carbocycles. The molecule has 2 unspecified atom stereocenters. The fourth-order valence-corrected chi connectivity index (χ4v) is 3.13. The lowest BCUT2D eigenvalue weighted by Crippen LogP contribution is -2.31. The molecule has 20 heavy (non-hydrogen) atoms. The smallest absolute Gasteiger partial charge is 0.381 e. The van der Waals surface area contributed by atoms with Gasteiger partial charge >= 0.3 is 6.18 Å². The summed E-state index contributed by atoms with van der Waals surface area (Å²) in [5.74, 6) is 0.571. The number of nitrogens with one attached hydrogen (secondary N) is 1. The second-order valence-corrected chi connectivity index (χ2v) is 5.80. The predicted molar refractivity (Wildman–Crippen MR) is 76.1 cm³/mol. The Morgan fingerprint density at radius 2 is 1.95 bits per heavy atom. The number of hydrogen-bond acceptors (Lipinski definition) is 1. The largest absolute Gasteiger partial charge is 0.416 e. The maximum atomic E-state index is 12.6. The van der Waals surface area contributed by atoms with Gasteiger partial charge < -0.3 is 5.32 Å². The van der Waals surface area contributed by atoms with Crippen LogP contribution in [0.15, 0.2) is 18.2 Å². The van der Waals surface area contributed by atoms with Crippen LogP contribution in [0, 0.1) is 5.92 Å². The Morgan fingerprint density at radius 1 is 1.25 bits per heavy atom. The number of benzene rings is 1. The van der Waals surface area contributed by atoms with E-state index in [4.69, 9.17) is 11.6 Å². The van der Waals surface area contributed by atoms with Crippen LogP contribution in [-0.4, -0.2) is 6.04 Å². The summed E-state index contributed by atoms with van der Waals surface area (Å²) in [4.78, 5) is 0. The molecule has 1 fully saturated rings. The molecule has 1 saturated carbocycles. The minimum absolute atomic E-state index is 0.139. The van der Waals surface area contributed by atoms with E-state index >= 15 is 0 Å². The summed E-state index contributed by atoms with van der Waals surface area (Å²) in [6, 6.07) is 3.82.